The average molecular weight is 466 g/mol. The molecule has 0 radical (unpaired) electrons. The van der Waals surface area contributed by atoms with Crippen molar-refractivity contribution in [1.82, 2.24) is 4.98 Å². The maximum Gasteiger partial charge on any atom is 0.328 e. The third kappa shape index (κ3) is 5.30. The van der Waals surface area contributed by atoms with Crippen molar-refractivity contribution >= 4 is 28.2 Å². The van der Waals surface area contributed by atoms with Crippen molar-refractivity contribution < 1.29 is 14.3 Å². The number of amides is 2. The molecule has 1 aliphatic carbocycles. The summed E-state index contributed by atoms with van der Waals surface area (Å²) in [4.78, 5) is 19.4. The Morgan fingerprint density at radius 1 is 1.06 bits per heavy atom. The zero-order chi connectivity index (χ0) is 23.2. The molecule has 0 saturated heterocycles. The second-order valence-corrected chi connectivity index (χ2v) is 9.05. The number of aromatic nitrogens is 1. The van der Waals surface area contributed by atoms with E-state index in [1.807, 2.05) is 12.3 Å². The monoisotopic (exact) mass is 465 g/mol. The van der Waals surface area contributed by atoms with E-state index in [2.05, 4.69) is 29.6 Å². The average Bonchev–Trinajstić information content (AvgIpc) is 3.35. The molecule has 1 aromatic heterocycles. The van der Waals surface area contributed by atoms with Crippen LogP contribution in [0.1, 0.15) is 50.5 Å². The first-order valence-electron chi connectivity index (χ1n) is 11.5. The van der Waals surface area contributed by atoms with E-state index in [1.165, 1.54) is 49.0 Å². The molecule has 0 bridgehead atoms. The van der Waals surface area contributed by atoms with E-state index in [4.69, 9.17) is 14.5 Å². The van der Waals surface area contributed by atoms with Gasteiger partial charge in [-0.25, -0.2) is 9.78 Å². The van der Waals surface area contributed by atoms with Gasteiger partial charge in [-0.1, -0.05) is 43.5 Å². The van der Waals surface area contributed by atoms with E-state index in [-0.39, 0.29) is 6.03 Å². The summed E-state index contributed by atoms with van der Waals surface area (Å²) < 4.78 is 10.6. The van der Waals surface area contributed by atoms with Gasteiger partial charge in [-0.3, -0.25) is 4.90 Å². The summed E-state index contributed by atoms with van der Waals surface area (Å²) in [5, 5.41) is 5.61. The highest BCUT2D eigenvalue weighted by atomic mass is 32.1. The smallest absolute Gasteiger partial charge is 0.328 e. The number of hydrogen-bond acceptors (Lipinski definition) is 5. The second kappa shape index (κ2) is 10.7. The van der Waals surface area contributed by atoms with Crippen molar-refractivity contribution in [3.05, 3.63) is 53.4 Å². The molecule has 1 fully saturated rings. The molecule has 0 spiro atoms. The van der Waals surface area contributed by atoms with Crippen LogP contribution in [-0.2, 0) is 0 Å². The van der Waals surface area contributed by atoms with Crippen LogP contribution in [0.3, 0.4) is 0 Å². The number of carbonyl (C=O) groups is 1. The fourth-order valence-electron chi connectivity index (χ4n) is 4.35. The van der Waals surface area contributed by atoms with Crippen molar-refractivity contribution in [2.45, 2.75) is 44.9 Å². The Kier molecular flexibility index (Phi) is 7.50. The lowest BCUT2D eigenvalue weighted by molar-refractivity contribution is 0.257. The van der Waals surface area contributed by atoms with E-state index < -0.39 is 0 Å². The van der Waals surface area contributed by atoms with Crippen LogP contribution in [0.15, 0.2) is 47.8 Å². The number of nitrogens with zero attached hydrogens (tertiary/aromatic N) is 2. The van der Waals surface area contributed by atoms with Crippen LogP contribution in [0.5, 0.6) is 11.5 Å². The van der Waals surface area contributed by atoms with Gasteiger partial charge >= 0.3 is 6.03 Å². The standard InChI is InChI=1S/C26H31N3O3S/c1-4-29(25(30)27-21-14-15-23(31-2)24(16-21)32-3)26-28-22(17-33-26)20-12-10-19(11-13-20)18-8-6-5-7-9-18/h10-18H,4-9H2,1-3H3,(H,27,30). The Morgan fingerprint density at radius 2 is 1.79 bits per heavy atom. The van der Waals surface area contributed by atoms with E-state index in [9.17, 15) is 4.79 Å². The number of nitrogens with one attached hydrogen (secondary N) is 1. The minimum atomic E-state index is -0.238. The molecule has 1 saturated carbocycles. The van der Waals surface area contributed by atoms with E-state index in [1.54, 1.807) is 37.3 Å². The molecule has 7 heteroatoms. The molecule has 2 aromatic carbocycles. The minimum Gasteiger partial charge on any atom is -0.493 e. The molecule has 2 amide bonds. The topological polar surface area (TPSA) is 63.7 Å². The maximum absolute atomic E-state index is 13.0. The van der Waals surface area contributed by atoms with Crippen LogP contribution in [0.4, 0.5) is 15.6 Å². The van der Waals surface area contributed by atoms with Gasteiger partial charge in [0.05, 0.1) is 19.9 Å². The molecule has 0 aliphatic heterocycles. The van der Waals surface area contributed by atoms with Crippen LogP contribution < -0.4 is 19.7 Å². The number of hydrogen-bond donors (Lipinski definition) is 1. The molecule has 1 aliphatic rings. The van der Waals surface area contributed by atoms with Crippen LogP contribution in [0.2, 0.25) is 0 Å². The largest absolute Gasteiger partial charge is 0.493 e. The summed E-state index contributed by atoms with van der Waals surface area (Å²) in [7, 11) is 3.15. The van der Waals surface area contributed by atoms with Crippen molar-refractivity contribution in [2.75, 3.05) is 31.0 Å². The summed E-state index contributed by atoms with van der Waals surface area (Å²) in [6.07, 6.45) is 6.62. The zero-order valence-corrected chi connectivity index (χ0v) is 20.3. The van der Waals surface area contributed by atoms with E-state index >= 15 is 0 Å². The zero-order valence-electron chi connectivity index (χ0n) is 19.5. The predicted molar refractivity (Wildman–Crippen MR) is 135 cm³/mol. The van der Waals surface area contributed by atoms with Gasteiger partial charge in [0.1, 0.15) is 0 Å². The molecule has 1 N–H and O–H groups in total. The van der Waals surface area contributed by atoms with Crippen molar-refractivity contribution in [1.29, 1.82) is 0 Å². The fourth-order valence-corrected chi connectivity index (χ4v) is 5.25. The van der Waals surface area contributed by atoms with Gasteiger partial charge in [0.2, 0.25) is 0 Å². The molecule has 1 heterocycles. The normalized spacial score (nSPS) is 14.0. The Bertz CT molecular complexity index is 1070. The number of rotatable bonds is 7. The lowest BCUT2D eigenvalue weighted by Crippen LogP contribution is -2.34. The Balaban J connectivity index is 1.46. The van der Waals surface area contributed by atoms with Crippen molar-refractivity contribution in [3.63, 3.8) is 0 Å². The highest BCUT2D eigenvalue weighted by Gasteiger charge is 2.20. The molecule has 3 aromatic rings. The Labute approximate surface area is 199 Å². The summed E-state index contributed by atoms with van der Waals surface area (Å²) in [5.41, 5.74) is 4.03. The van der Waals surface area contributed by atoms with Crippen molar-refractivity contribution in [3.8, 4) is 22.8 Å². The summed E-state index contributed by atoms with van der Waals surface area (Å²) in [6.45, 7) is 2.45. The lowest BCUT2D eigenvalue weighted by atomic mass is 9.84. The Morgan fingerprint density at radius 3 is 2.45 bits per heavy atom. The molecule has 4 rings (SSSR count). The number of thiazole rings is 1. The number of benzene rings is 2. The van der Waals surface area contributed by atoms with Gasteiger partial charge in [-0.05, 0) is 43.4 Å². The maximum atomic E-state index is 13.0. The Hall–Kier alpha value is -3.06. The number of urea groups is 1. The third-order valence-electron chi connectivity index (χ3n) is 6.20. The van der Waals surface area contributed by atoms with Crippen molar-refractivity contribution in [2.24, 2.45) is 0 Å². The summed E-state index contributed by atoms with van der Waals surface area (Å²) in [5.74, 6) is 1.86. The molecule has 6 nitrogen and oxygen atoms in total. The molecular formula is C26H31N3O3S. The lowest BCUT2D eigenvalue weighted by Gasteiger charge is -2.22. The van der Waals surface area contributed by atoms with Gasteiger partial charge in [0.25, 0.3) is 0 Å². The number of ether oxygens (including phenoxy) is 2. The van der Waals surface area contributed by atoms with Crippen LogP contribution in [0.25, 0.3) is 11.3 Å². The van der Waals surface area contributed by atoms with Gasteiger partial charge in [-0.15, -0.1) is 11.3 Å². The molecule has 33 heavy (non-hydrogen) atoms. The van der Waals surface area contributed by atoms with Crippen LogP contribution >= 0.6 is 11.3 Å². The quantitative estimate of drug-likeness (QED) is 0.411. The highest BCUT2D eigenvalue weighted by molar-refractivity contribution is 7.14. The SMILES string of the molecule is CCN(C(=O)Nc1ccc(OC)c(OC)c1)c1nc(-c2ccc(C3CCCCC3)cc2)cs1. The van der Waals surface area contributed by atoms with Gasteiger partial charge in [-0.2, -0.15) is 0 Å². The van der Waals surface area contributed by atoms with Gasteiger partial charge in [0, 0.05) is 29.2 Å². The predicted octanol–water partition coefficient (Wildman–Crippen LogP) is 6.93. The molecule has 174 valence electrons. The van der Waals surface area contributed by atoms with Crippen LogP contribution in [0, 0.1) is 0 Å². The summed E-state index contributed by atoms with van der Waals surface area (Å²) in [6, 6.07) is 13.9. The molecule has 0 unspecified atom stereocenters. The number of methoxy groups -OCH3 is 2. The number of carbonyl (C=O) groups excluding carboxylic acids is 1. The molecule has 0 atom stereocenters. The summed E-state index contributed by atoms with van der Waals surface area (Å²) >= 11 is 1.47. The second-order valence-electron chi connectivity index (χ2n) is 8.22. The third-order valence-corrected chi connectivity index (χ3v) is 7.07. The first-order chi connectivity index (χ1) is 16.1. The molecular weight excluding hydrogens is 434 g/mol. The number of anilines is 2. The fraction of sp³-hybridized carbons (Fsp3) is 0.385. The van der Waals surface area contributed by atoms with Gasteiger partial charge < -0.3 is 14.8 Å². The minimum absolute atomic E-state index is 0.238. The van der Waals surface area contributed by atoms with E-state index in [0.717, 1.165) is 11.3 Å². The first kappa shape index (κ1) is 23.1. The highest BCUT2D eigenvalue weighted by Crippen LogP contribution is 2.35. The first-order valence-corrected chi connectivity index (χ1v) is 12.4. The van der Waals surface area contributed by atoms with E-state index in [0.29, 0.717) is 34.8 Å². The van der Waals surface area contributed by atoms with Crippen LogP contribution in [-0.4, -0.2) is 31.8 Å². The van der Waals surface area contributed by atoms with Gasteiger partial charge in [0.15, 0.2) is 16.6 Å².